The number of methoxy groups -OCH3 is 2. The number of phenols is 1. The second-order valence-electron chi connectivity index (χ2n) is 2.73. The van der Waals surface area contributed by atoms with Gasteiger partial charge in [-0.3, -0.25) is 4.84 Å². The van der Waals surface area contributed by atoms with Gasteiger partial charge >= 0.3 is 0 Å². The number of hydrogen-bond donors (Lipinski definition) is 2. The SMILES string of the molecule is COc1cc(O)c(CON)c(Br)c1OC. The number of halogens is 1. The molecule has 0 aliphatic heterocycles. The van der Waals surface area contributed by atoms with E-state index in [0.29, 0.717) is 21.5 Å². The minimum Gasteiger partial charge on any atom is -0.507 e. The van der Waals surface area contributed by atoms with Gasteiger partial charge in [-0.2, -0.15) is 0 Å². The molecular formula is C9H12BrNO4. The summed E-state index contributed by atoms with van der Waals surface area (Å²) in [6.45, 7) is 0.0762. The quantitative estimate of drug-likeness (QED) is 0.818. The number of ether oxygens (including phenoxy) is 2. The third kappa shape index (κ3) is 2.34. The summed E-state index contributed by atoms with van der Waals surface area (Å²) < 4.78 is 10.7. The van der Waals surface area contributed by atoms with Crippen molar-refractivity contribution in [1.82, 2.24) is 0 Å². The van der Waals surface area contributed by atoms with Crippen molar-refractivity contribution in [3.05, 3.63) is 16.1 Å². The van der Waals surface area contributed by atoms with E-state index in [1.165, 1.54) is 20.3 Å². The first-order chi connectivity index (χ1) is 7.15. The minimum absolute atomic E-state index is 0.0324. The maximum absolute atomic E-state index is 9.65. The predicted molar refractivity (Wildman–Crippen MR) is 57.9 cm³/mol. The highest BCUT2D eigenvalue weighted by atomic mass is 79.9. The molecule has 0 spiro atoms. The standard InChI is InChI=1S/C9H12BrNO4/c1-13-7-3-6(12)5(4-15-11)8(10)9(7)14-2/h3,12H,4,11H2,1-2H3. The van der Waals surface area contributed by atoms with Gasteiger partial charge in [-0.1, -0.05) is 0 Å². The Hall–Kier alpha value is -0.980. The molecule has 0 unspecified atom stereocenters. The van der Waals surface area contributed by atoms with Crippen molar-refractivity contribution in [1.29, 1.82) is 0 Å². The Morgan fingerprint density at radius 2 is 2.07 bits per heavy atom. The molecule has 84 valence electrons. The van der Waals surface area contributed by atoms with Crippen LogP contribution in [0.25, 0.3) is 0 Å². The molecule has 0 aliphatic rings. The third-order valence-electron chi connectivity index (χ3n) is 1.92. The van der Waals surface area contributed by atoms with Crippen LogP contribution >= 0.6 is 15.9 Å². The molecule has 0 fully saturated rings. The van der Waals surface area contributed by atoms with Gasteiger partial charge in [0.15, 0.2) is 11.5 Å². The predicted octanol–water partition coefficient (Wildman–Crippen LogP) is 1.56. The van der Waals surface area contributed by atoms with Gasteiger partial charge in [-0.05, 0) is 15.9 Å². The minimum atomic E-state index is 0.0324. The molecular weight excluding hydrogens is 266 g/mol. The molecule has 0 aromatic heterocycles. The second kappa shape index (κ2) is 5.20. The average Bonchev–Trinajstić information content (AvgIpc) is 2.23. The topological polar surface area (TPSA) is 73.9 Å². The van der Waals surface area contributed by atoms with Crippen molar-refractivity contribution in [2.45, 2.75) is 6.61 Å². The average molecular weight is 278 g/mol. The van der Waals surface area contributed by atoms with Crippen molar-refractivity contribution in [2.75, 3.05) is 14.2 Å². The van der Waals surface area contributed by atoms with Gasteiger partial charge in [0.25, 0.3) is 0 Å². The Morgan fingerprint density at radius 1 is 1.40 bits per heavy atom. The zero-order valence-corrected chi connectivity index (χ0v) is 10.00. The maximum Gasteiger partial charge on any atom is 0.175 e. The van der Waals surface area contributed by atoms with E-state index < -0.39 is 0 Å². The first kappa shape index (κ1) is 12.1. The summed E-state index contributed by atoms with van der Waals surface area (Å²) in [5.41, 5.74) is 0.509. The van der Waals surface area contributed by atoms with Crippen molar-refractivity contribution in [3.63, 3.8) is 0 Å². The van der Waals surface area contributed by atoms with E-state index in [1.807, 2.05) is 0 Å². The normalized spacial score (nSPS) is 10.1. The van der Waals surface area contributed by atoms with Crippen molar-refractivity contribution < 1.29 is 19.4 Å². The molecule has 0 heterocycles. The number of benzene rings is 1. The zero-order chi connectivity index (χ0) is 11.4. The lowest BCUT2D eigenvalue weighted by Gasteiger charge is -2.14. The Bertz CT molecular complexity index is 356. The van der Waals surface area contributed by atoms with Crippen LogP contribution in [-0.2, 0) is 11.4 Å². The first-order valence-corrected chi connectivity index (χ1v) is 4.89. The molecule has 0 atom stereocenters. The number of hydrogen-bond acceptors (Lipinski definition) is 5. The molecule has 1 rings (SSSR count). The zero-order valence-electron chi connectivity index (χ0n) is 8.41. The highest BCUT2D eigenvalue weighted by Crippen LogP contribution is 2.42. The molecule has 0 radical (unpaired) electrons. The highest BCUT2D eigenvalue weighted by Gasteiger charge is 2.17. The summed E-state index contributed by atoms with van der Waals surface area (Å²) in [5.74, 6) is 5.91. The van der Waals surface area contributed by atoms with E-state index in [-0.39, 0.29) is 12.4 Å². The van der Waals surface area contributed by atoms with Crippen molar-refractivity contribution in [3.8, 4) is 17.2 Å². The monoisotopic (exact) mass is 277 g/mol. The second-order valence-corrected chi connectivity index (χ2v) is 3.53. The van der Waals surface area contributed by atoms with E-state index in [9.17, 15) is 5.11 Å². The van der Waals surface area contributed by atoms with Crippen LogP contribution in [0.1, 0.15) is 5.56 Å². The molecule has 1 aromatic rings. The molecule has 6 heteroatoms. The summed E-state index contributed by atoms with van der Waals surface area (Å²) in [4.78, 5) is 4.48. The van der Waals surface area contributed by atoms with Crippen molar-refractivity contribution >= 4 is 15.9 Å². The molecule has 0 aliphatic carbocycles. The van der Waals surface area contributed by atoms with Gasteiger partial charge in [0, 0.05) is 11.6 Å². The van der Waals surface area contributed by atoms with Crippen LogP contribution in [-0.4, -0.2) is 19.3 Å². The fraction of sp³-hybridized carbons (Fsp3) is 0.333. The lowest BCUT2D eigenvalue weighted by Crippen LogP contribution is -2.02. The Morgan fingerprint density at radius 3 is 2.53 bits per heavy atom. The van der Waals surface area contributed by atoms with E-state index >= 15 is 0 Å². The van der Waals surface area contributed by atoms with Gasteiger partial charge in [0.05, 0.1) is 25.3 Å². The van der Waals surface area contributed by atoms with Crippen LogP contribution < -0.4 is 15.4 Å². The smallest absolute Gasteiger partial charge is 0.175 e. The molecule has 0 saturated carbocycles. The van der Waals surface area contributed by atoms with E-state index in [1.54, 1.807) is 0 Å². The Balaban J connectivity index is 3.31. The molecule has 3 N–H and O–H groups in total. The summed E-state index contributed by atoms with van der Waals surface area (Å²) in [6, 6.07) is 1.44. The van der Waals surface area contributed by atoms with Gasteiger partial charge in [0.1, 0.15) is 5.75 Å². The van der Waals surface area contributed by atoms with E-state index in [0.717, 1.165) is 0 Å². The molecule has 0 amide bonds. The van der Waals surface area contributed by atoms with Crippen LogP contribution in [0, 0.1) is 0 Å². The molecule has 0 saturated heterocycles. The lowest BCUT2D eigenvalue weighted by atomic mass is 10.2. The fourth-order valence-corrected chi connectivity index (χ4v) is 1.87. The van der Waals surface area contributed by atoms with Crippen LogP contribution in [0.4, 0.5) is 0 Å². The fourth-order valence-electron chi connectivity index (χ4n) is 1.20. The highest BCUT2D eigenvalue weighted by molar-refractivity contribution is 9.10. The summed E-state index contributed by atoms with van der Waals surface area (Å²) in [5, 5.41) is 9.65. The van der Waals surface area contributed by atoms with Gasteiger partial charge in [-0.25, -0.2) is 5.90 Å². The number of phenolic OH excluding ortho intramolecular Hbond substituents is 1. The summed E-state index contributed by atoms with van der Waals surface area (Å²) in [6.07, 6.45) is 0. The van der Waals surface area contributed by atoms with E-state index in [2.05, 4.69) is 20.8 Å². The molecule has 1 aromatic carbocycles. The maximum atomic E-state index is 9.65. The summed E-state index contributed by atoms with van der Waals surface area (Å²) >= 11 is 3.28. The largest absolute Gasteiger partial charge is 0.507 e. The van der Waals surface area contributed by atoms with Crippen LogP contribution in [0.15, 0.2) is 10.5 Å². The molecule has 5 nitrogen and oxygen atoms in total. The van der Waals surface area contributed by atoms with Gasteiger partial charge in [-0.15, -0.1) is 0 Å². The lowest BCUT2D eigenvalue weighted by molar-refractivity contribution is 0.121. The van der Waals surface area contributed by atoms with Crippen molar-refractivity contribution in [2.24, 2.45) is 5.90 Å². The third-order valence-corrected chi connectivity index (χ3v) is 2.76. The Kier molecular flexibility index (Phi) is 4.19. The van der Waals surface area contributed by atoms with Gasteiger partial charge < -0.3 is 14.6 Å². The van der Waals surface area contributed by atoms with E-state index in [4.69, 9.17) is 15.4 Å². The number of aromatic hydroxyl groups is 1. The van der Waals surface area contributed by atoms with Crippen LogP contribution in [0.2, 0.25) is 0 Å². The number of rotatable bonds is 4. The number of nitrogens with two attached hydrogens (primary N) is 1. The first-order valence-electron chi connectivity index (χ1n) is 4.09. The van der Waals surface area contributed by atoms with Crippen LogP contribution in [0.3, 0.4) is 0 Å². The molecule has 15 heavy (non-hydrogen) atoms. The summed E-state index contributed by atoms with van der Waals surface area (Å²) in [7, 11) is 3.00. The molecule has 0 bridgehead atoms. The van der Waals surface area contributed by atoms with Crippen LogP contribution in [0.5, 0.6) is 17.2 Å². The van der Waals surface area contributed by atoms with Gasteiger partial charge in [0.2, 0.25) is 0 Å². The Labute approximate surface area is 95.8 Å².